The van der Waals surface area contributed by atoms with Crippen molar-refractivity contribution in [2.75, 3.05) is 12.4 Å². The first-order valence-electron chi connectivity index (χ1n) is 6.13. The largest absolute Gasteiger partial charge is 0.372 e. The van der Waals surface area contributed by atoms with E-state index in [1.54, 1.807) is 19.4 Å². The highest BCUT2D eigenvalue weighted by Crippen LogP contribution is 2.13. The summed E-state index contributed by atoms with van der Waals surface area (Å²) in [7, 11) is 1.63. The van der Waals surface area contributed by atoms with Crippen LogP contribution in [0.1, 0.15) is 21.5 Å². The van der Waals surface area contributed by atoms with Crippen LogP contribution in [0.5, 0.6) is 0 Å². The fraction of sp³-hybridized carbons (Fsp3) is 0.214. The molecule has 2 aromatic rings. The fourth-order valence-electron chi connectivity index (χ4n) is 1.76. The van der Waals surface area contributed by atoms with E-state index in [4.69, 9.17) is 0 Å². The molecule has 0 atom stereocenters. The molecule has 0 spiro atoms. The van der Waals surface area contributed by atoms with Crippen molar-refractivity contribution in [2.24, 2.45) is 0 Å². The van der Waals surface area contributed by atoms with Gasteiger partial charge in [0.2, 0.25) is 0 Å². The molecule has 2 aromatic heterocycles. The Morgan fingerprint density at radius 3 is 2.90 bits per heavy atom. The van der Waals surface area contributed by atoms with Gasteiger partial charge in [0, 0.05) is 26.0 Å². The van der Waals surface area contributed by atoms with Crippen LogP contribution in [-0.2, 0) is 6.54 Å². The number of hydrogen-bond donors (Lipinski definition) is 2. The molecule has 104 valence electrons. The van der Waals surface area contributed by atoms with Gasteiger partial charge in [-0.2, -0.15) is 0 Å². The minimum atomic E-state index is -0.549. The minimum Gasteiger partial charge on any atom is -0.372 e. The molecule has 2 N–H and O–H groups in total. The molecular weight excluding hydrogens is 259 g/mol. The maximum absolute atomic E-state index is 13.2. The highest BCUT2D eigenvalue weighted by molar-refractivity contribution is 5.98. The van der Waals surface area contributed by atoms with Crippen LogP contribution in [0.4, 0.5) is 10.2 Å². The second kappa shape index (κ2) is 6.10. The lowest BCUT2D eigenvalue weighted by Crippen LogP contribution is -2.24. The van der Waals surface area contributed by atoms with E-state index in [2.05, 4.69) is 20.6 Å². The zero-order valence-electron chi connectivity index (χ0n) is 11.3. The number of nitrogens with one attached hydrogen (secondary N) is 2. The molecule has 0 saturated carbocycles. The van der Waals surface area contributed by atoms with Gasteiger partial charge >= 0.3 is 0 Å². The van der Waals surface area contributed by atoms with Crippen molar-refractivity contribution in [2.45, 2.75) is 13.5 Å². The monoisotopic (exact) mass is 274 g/mol. The highest BCUT2D eigenvalue weighted by atomic mass is 19.1. The quantitative estimate of drug-likeness (QED) is 0.893. The summed E-state index contributed by atoms with van der Waals surface area (Å²) in [5.74, 6) is -0.594. The molecule has 2 heterocycles. The number of amides is 1. The van der Waals surface area contributed by atoms with Gasteiger partial charge in [-0.15, -0.1) is 0 Å². The zero-order valence-corrected chi connectivity index (χ0v) is 11.3. The molecule has 0 aliphatic rings. The first-order valence-corrected chi connectivity index (χ1v) is 6.13. The Morgan fingerprint density at radius 1 is 1.40 bits per heavy atom. The lowest BCUT2D eigenvalue weighted by molar-refractivity contribution is 0.0951. The van der Waals surface area contributed by atoms with Crippen LogP contribution in [0.2, 0.25) is 0 Å². The lowest BCUT2D eigenvalue weighted by Gasteiger charge is -2.10. The number of pyridine rings is 2. The van der Waals surface area contributed by atoms with E-state index in [9.17, 15) is 9.18 Å². The molecule has 20 heavy (non-hydrogen) atoms. The smallest absolute Gasteiger partial charge is 0.255 e. The second-order valence-electron chi connectivity index (χ2n) is 4.28. The SMILES string of the molecule is CNc1ncc(F)cc1C(=O)NCc1cnccc1C. The number of carbonyl (C=O) groups is 1. The normalized spacial score (nSPS) is 10.2. The minimum absolute atomic E-state index is 0.175. The molecule has 5 nitrogen and oxygen atoms in total. The predicted octanol–water partition coefficient (Wildman–Crippen LogP) is 1.90. The molecule has 2 rings (SSSR count). The molecule has 0 bridgehead atoms. The second-order valence-corrected chi connectivity index (χ2v) is 4.28. The van der Waals surface area contributed by atoms with Crippen LogP contribution >= 0.6 is 0 Å². The van der Waals surface area contributed by atoms with Gasteiger partial charge in [0.05, 0.1) is 11.8 Å². The number of carbonyl (C=O) groups excluding carboxylic acids is 1. The summed E-state index contributed by atoms with van der Waals surface area (Å²) in [6, 6.07) is 3.02. The number of aromatic nitrogens is 2. The van der Waals surface area contributed by atoms with Crippen molar-refractivity contribution in [1.29, 1.82) is 0 Å². The van der Waals surface area contributed by atoms with Crippen LogP contribution in [0.25, 0.3) is 0 Å². The Balaban J connectivity index is 2.13. The van der Waals surface area contributed by atoms with Gasteiger partial charge in [0.25, 0.3) is 5.91 Å². The Kier molecular flexibility index (Phi) is 4.24. The summed E-state index contributed by atoms with van der Waals surface area (Å²) in [6.45, 7) is 2.27. The molecule has 0 saturated heterocycles. The van der Waals surface area contributed by atoms with E-state index in [0.29, 0.717) is 12.4 Å². The van der Waals surface area contributed by atoms with Crippen LogP contribution in [-0.4, -0.2) is 22.9 Å². The van der Waals surface area contributed by atoms with Gasteiger partial charge in [0.1, 0.15) is 11.6 Å². The first-order chi connectivity index (χ1) is 9.61. The average Bonchev–Trinajstić information content (AvgIpc) is 2.46. The van der Waals surface area contributed by atoms with Crippen molar-refractivity contribution in [3.8, 4) is 0 Å². The molecule has 0 radical (unpaired) electrons. The number of anilines is 1. The summed E-state index contributed by atoms with van der Waals surface area (Å²) in [5, 5.41) is 5.49. The van der Waals surface area contributed by atoms with Gasteiger partial charge in [-0.3, -0.25) is 9.78 Å². The van der Waals surface area contributed by atoms with Crippen molar-refractivity contribution >= 4 is 11.7 Å². The molecule has 0 aromatic carbocycles. The molecule has 0 aliphatic heterocycles. The van der Waals surface area contributed by atoms with E-state index in [-0.39, 0.29) is 11.5 Å². The summed E-state index contributed by atoms with van der Waals surface area (Å²) in [5.41, 5.74) is 2.12. The molecular formula is C14H15FN4O. The first kappa shape index (κ1) is 13.9. The maximum atomic E-state index is 13.2. The topological polar surface area (TPSA) is 66.9 Å². The highest BCUT2D eigenvalue weighted by Gasteiger charge is 2.13. The average molecular weight is 274 g/mol. The molecule has 0 unspecified atom stereocenters. The molecule has 1 amide bonds. The lowest BCUT2D eigenvalue weighted by atomic mass is 10.1. The number of aryl methyl sites for hydroxylation is 1. The van der Waals surface area contributed by atoms with E-state index in [1.807, 2.05) is 13.0 Å². The van der Waals surface area contributed by atoms with Gasteiger partial charge in [-0.1, -0.05) is 0 Å². The summed E-state index contributed by atoms with van der Waals surface area (Å²) >= 11 is 0. The van der Waals surface area contributed by atoms with Crippen molar-refractivity contribution in [1.82, 2.24) is 15.3 Å². The zero-order chi connectivity index (χ0) is 14.5. The summed E-state index contributed by atoms with van der Waals surface area (Å²) < 4.78 is 13.2. The van der Waals surface area contributed by atoms with Gasteiger partial charge < -0.3 is 10.6 Å². The fourth-order valence-corrected chi connectivity index (χ4v) is 1.76. The Labute approximate surface area is 116 Å². The Morgan fingerprint density at radius 2 is 2.20 bits per heavy atom. The van der Waals surface area contributed by atoms with Crippen LogP contribution in [0, 0.1) is 12.7 Å². The van der Waals surface area contributed by atoms with Crippen molar-refractivity contribution in [3.63, 3.8) is 0 Å². The van der Waals surface area contributed by atoms with E-state index >= 15 is 0 Å². The number of rotatable bonds is 4. The van der Waals surface area contributed by atoms with E-state index < -0.39 is 5.82 Å². The third-order valence-electron chi connectivity index (χ3n) is 2.92. The standard InChI is InChI=1S/C14H15FN4O/c1-9-3-4-17-6-10(9)7-19-14(20)12-5-11(15)8-18-13(12)16-2/h3-6,8H,7H2,1-2H3,(H,16,18)(H,19,20). The summed E-state index contributed by atoms with van der Waals surface area (Å²) in [6.07, 6.45) is 4.45. The van der Waals surface area contributed by atoms with E-state index in [0.717, 1.165) is 23.4 Å². The molecule has 6 heteroatoms. The van der Waals surface area contributed by atoms with Gasteiger partial charge in [-0.25, -0.2) is 9.37 Å². The van der Waals surface area contributed by atoms with Crippen molar-refractivity contribution in [3.05, 3.63) is 53.2 Å². The third-order valence-corrected chi connectivity index (χ3v) is 2.92. The molecule has 0 fully saturated rings. The number of halogens is 1. The van der Waals surface area contributed by atoms with E-state index in [1.165, 1.54) is 0 Å². The maximum Gasteiger partial charge on any atom is 0.255 e. The Hall–Kier alpha value is -2.50. The summed E-state index contributed by atoms with van der Waals surface area (Å²) in [4.78, 5) is 19.9. The number of nitrogens with zero attached hydrogens (tertiary/aromatic N) is 2. The van der Waals surface area contributed by atoms with Crippen LogP contribution in [0.3, 0.4) is 0 Å². The third kappa shape index (κ3) is 3.09. The Bertz CT molecular complexity index is 630. The van der Waals surface area contributed by atoms with Gasteiger partial charge in [0.15, 0.2) is 0 Å². The molecule has 0 aliphatic carbocycles. The van der Waals surface area contributed by atoms with Crippen LogP contribution in [0.15, 0.2) is 30.7 Å². The predicted molar refractivity (Wildman–Crippen MR) is 73.9 cm³/mol. The van der Waals surface area contributed by atoms with Gasteiger partial charge in [-0.05, 0) is 30.2 Å². The van der Waals surface area contributed by atoms with Crippen molar-refractivity contribution < 1.29 is 9.18 Å². The van der Waals surface area contributed by atoms with Crippen LogP contribution < -0.4 is 10.6 Å². The number of hydrogen-bond acceptors (Lipinski definition) is 4.